The Morgan fingerprint density at radius 3 is 2.23 bits per heavy atom. The molecule has 0 spiro atoms. The molecule has 79 heavy (non-hydrogen) atoms. The van der Waals surface area contributed by atoms with Gasteiger partial charge in [-0.3, -0.25) is 33.7 Å². The van der Waals surface area contributed by atoms with Gasteiger partial charge < -0.3 is 56.6 Å². The van der Waals surface area contributed by atoms with E-state index in [-0.39, 0.29) is 75.5 Å². The molecule has 3 atom stereocenters. The number of likely N-dealkylation sites (tertiary alicyclic amines) is 1. The molecule has 5 aromatic rings. The Bertz CT molecular complexity index is 3020. The molecule has 8 N–H and O–H groups in total. The molecule has 3 aromatic heterocycles. The first-order valence-corrected chi connectivity index (χ1v) is 27.8. The van der Waals surface area contributed by atoms with E-state index < -0.39 is 41.3 Å². The van der Waals surface area contributed by atoms with Gasteiger partial charge in [-0.1, -0.05) is 45.0 Å². The summed E-state index contributed by atoms with van der Waals surface area (Å²) in [4.78, 5) is 98.6. The summed E-state index contributed by atoms with van der Waals surface area (Å²) in [5, 5.41) is 33.8. The number of aromatic amines is 1. The number of carbonyl (C=O) groups excluding carboxylic acids is 5. The number of β-amino-alcohol motifs (C(OH)–C–C–N with tert-alkyl or cyclic N) is 1. The lowest BCUT2D eigenvalue weighted by molar-refractivity contribution is -0.144. The third-order valence-electron chi connectivity index (χ3n) is 14.1. The molecule has 2 saturated heterocycles. The minimum atomic E-state index is -0.972. The van der Waals surface area contributed by atoms with Crippen molar-refractivity contribution in [1.82, 2.24) is 46.0 Å². The summed E-state index contributed by atoms with van der Waals surface area (Å²) in [6, 6.07) is 15.5. The van der Waals surface area contributed by atoms with Crippen molar-refractivity contribution in [3.05, 3.63) is 116 Å². The molecule has 0 radical (unpaired) electrons. The van der Waals surface area contributed by atoms with E-state index in [1.165, 1.54) is 11.1 Å². The van der Waals surface area contributed by atoms with Crippen LogP contribution in [0, 0.1) is 31.6 Å². The molecular formula is C58H76N12O8S. The fourth-order valence-electron chi connectivity index (χ4n) is 9.79. The van der Waals surface area contributed by atoms with Gasteiger partial charge in [-0.2, -0.15) is 0 Å². The van der Waals surface area contributed by atoms with Gasteiger partial charge in [0.2, 0.25) is 23.6 Å². The van der Waals surface area contributed by atoms with Crippen molar-refractivity contribution in [2.75, 3.05) is 69.2 Å². The van der Waals surface area contributed by atoms with Crippen molar-refractivity contribution in [2.24, 2.45) is 5.41 Å². The van der Waals surface area contributed by atoms with E-state index in [9.17, 15) is 33.9 Å². The van der Waals surface area contributed by atoms with Gasteiger partial charge in [-0.15, -0.1) is 11.3 Å². The first-order valence-electron chi connectivity index (χ1n) is 26.9. The highest BCUT2D eigenvalue weighted by atomic mass is 32.1. The number of thiazole rings is 1. The summed E-state index contributed by atoms with van der Waals surface area (Å²) in [7, 11) is 0. The van der Waals surface area contributed by atoms with E-state index in [4.69, 9.17) is 15.1 Å². The van der Waals surface area contributed by atoms with Crippen molar-refractivity contribution in [2.45, 2.75) is 112 Å². The number of amides is 5. The number of ether oxygens (including phenoxy) is 1. The normalized spacial score (nSPS) is 16.1. The third kappa shape index (κ3) is 15.9. The SMILES string of the molecule is Cc1cc(C)c(CNC(=O)c2cc(-c3ccc(N4CCN(CCNC(=O)CCOCCC(=O)N[C@H](C(=O)N5C[C@H](O)C[C@H]5C(=O)NCc5ccc(-c6scnc6C)cc5)C(C)(C)C)CC4)nc3)cc(NC(C)C)c2C=N)c(=O)[nH]1. The highest BCUT2D eigenvalue weighted by molar-refractivity contribution is 7.13. The Morgan fingerprint density at radius 1 is 0.886 bits per heavy atom. The van der Waals surface area contributed by atoms with Crippen LogP contribution in [0.15, 0.2) is 71.1 Å². The molecule has 0 bridgehead atoms. The van der Waals surface area contributed by atoms with Crippen LogP contribution in [-0.4, -0.2) is 149 Å². The number of piperazine rings is 1. The smallest absolute Gasteiger partial charge is 0.253 e. The van der Waals surface area contributed by atoms with E-state index in [1.807, 2.05) is 104 Å². The summed E-state index contributed by atoms with van der Waals surface area (Å²) in [5.74, 6) is -0.997. The number of rotatable bonds is 23. The lowest BCUT2D eigenvalue weighted by Gasteiger charge is -2.35. The Balaban J connectivity index is 0.806. The second-order valence-corrected chi connectivity index (χ2v) is 22.5. The van der Waals surface area contributed by atoms with Crippen LogP contribution in [0.2, 0.25) is 0 Å². The lowest BCUT2D eigenvalue weighted by atomic mass is 9.85. The monoisotopic (exact) mass is 1100 g/mol. The Morgan fingerprint density at radius 2 is 1.59 bits per heavy atom. The Hall–Kier alpha value is -7.33. The average molecular weight is 1100 g/mol. The van der Waals surface area contributed by atoms with Crippen LogP contribution in [0.25, 0.3) is 21.6 Å². The molecule has 20 nitrogen and oxygen atoms in total. The number of nitrogens with one attached hydrogen (secondary N) is 7. The minimum Gasteiger partial charge on any atom is -0.391 e. The van der Waals surface area contributed by atoms with Crippen molar-refractivity contribution in [3.63, 3.8) is 0 Å². The largest absolute Gasteiger partial charge is 0.391 e. The molecule has 422 valence electrons. The number of aromatic nitrogens is 3. The van der Waals surface area contributed by atoms with Crippen LogP contribution in [0.1, 0.15) is 97.9 Å². The van der Waals surface area contributed by atoms with Gasteiger partial charge >= 0.3 is 0 Å². The van der Waals surface area contributed by atoms with Gasteiger partial charge in [-0.25, -0.2) is 9.97 Å². The van der Waals surface area contributed by atoms with E-state index in [0.29, 0.717) is 35.5 Å². The number of H-pyrrole nitrogens is 1. The van der Waals surface area contributed by atoms with Crippen molar-refractivity contribution in [1.29, 1.82) is 5.41 Å². The molecule has 2 aromatic carbocycles. The molecule has 0 saturated carbocycles. The number of pyridine rings is 2. The van der Waals surface area contributed by atoms with E-state index in [0.717, 1.165) is 76.1 Å². The lowest BCUT2D eigenvalue weighted by Crippen LogP contribution is -2.57. The Labute approximate surface area is 466 Å². The maximum Gasteiger partial charge on any atom is 0.253 e. The summed E-state index contributed by atoms with van der Waals surface area (Å²) < 4.78 is 5.65. The number of nitrogens with zero attached hydrogens (tertiary/aromatic N) is 5. The molecule has 0 unspecified atom stereocenters. The molecule has 5 heterocycles. The van der Waals surface area contributed by atoms with Gasteiger partial charge in [0.25, 0.3) is 11.5 Å². The van der Waals surface area contributed by atoms with E-state index in [1.54, 1.807) is 29.1 Å². The van der Waals surface area contributed by atoms with Crippen molar-refractivity contribution < 1.29 is 33.8 Å². The topological polar surface area (TPSA) is 267 Å². The second kappa shape index (κ2) is 27.0. The van der Waals surface area contributed by atoms with Crippen LogP contribution < -0.4 is 37.0 Å². The molecule has 0 aliphatic carbocycles. The molecule has 2 aliphatic heterocycles. The van der Waals surface area contributed by atoms with Crippen LogP contribution in [0.4, 0.5) is 11.5 Å². The fraction of sp³-hybridized carbons (Fsp3) is 0.466. The summed E-state index contributed by atoms with van der Waals surface area (Å²) >= 11 is 1.57. The second-order valence-electron chi connectivity index (χ2n) is 21.7. The molecule has 21 heteroatoms. The van der Waals surface area contributed by atoms with E-state index in [2.05, 4.69) is 46.4 Å². The highest BCUT2D eigenvalue weighted by Gasteiger charge is 2.44. The van der Waals surface area contributed by atoms with E-state index >= 15 is 0 Å². The van der Waals surface area contributed by atoms with Gasteiger partial charge in [0.15, 0.2) is 0 Å². The zero-order chi connectivity index (χ0) is 57.0. The van der Waals surface area contributed by atoms with Gasteiger partial charge in [0.1, 0.15) is 17.9 Å². The van der Waals surface area contributed by atoms with Crippen LogP contribution >= 0.6 is 11.3 Å². The molecular weight excluding hydrogens is 1020 g/mol. The standard InChI is InChI=1S/C58H76N12O8S/c1-35(2)65-47-27-42(26-44(45(47)29-59)54(74)63-32-46-36(3)25-37(4)66-55(46)75)41-13-14-49(61-31-41)69-21-19-68(20-22-69)18-17-60-50(72)15-23-78-24-16-51(73)67-53(58(6,7)8)57(77)70-33-43(71)28-48(70)56(76)62-30-39-9-11-40(12-10-39)52-38(5)64-34-79-52/h9-14,25-27,29,31,34-35,43,48,53,59,65,71H,15-24,28,30,32-33H2,1-8H3,(H,60,72)(H,62,76)(H,63,74)(H,66,75)(H,67,73)/t43-,48+,53-/m1/s1. The van der Waals surface area contributed by atoms with Crippen LogP contribution in [-0.2, 0) is 37.0 Å². The van der Waals surface area contributed by atoms with Crippen LogP contribution in [0.3, 0.4) is 0 Å². The Kier molecular flexibility index (Phi) is 20.3. The number of carbonyl (C=O) groups is 5. The predicted molar refractivity (Wildman–Crippen MR) is 307 cm³/mol. The summed E-state index contributed by atoms with van der Waals surface area (Å²) in [6.07, 6.45) is 2.22. The molecule has 5 amide bonds. The van der Waals surface area contributed by atoms with Crippen molar-refractivity contribution >= 4 is 58.6 Å². The average Bonchev–Trinajstić information content (AvgIpc) is 4.03. The quantitative estimate of drug-likeness (QED) is 0.0314. The molecule has 7 rings (SSSR count). The molecule has 2 fully saturated rings. The third-order valence-corrected chi connectivity index (χ3v) is 15.1. The summed E-state index contributed by atoms with van der Waals surface area (Å²) in [5.41, 5.74) is 8.65. The van der Waals surface area contributed by atoms with Crippen LogP contribution in [0.5, 0.6) is 0 Å². The minimum absolute atomic E-state index is 0.0300. The predicted octanol–water partition coefficient (Wildman–Crippen LogP) is 5.08. The fourth-order valence-corrected chi connectivity index (χ4v) is 10.6. The highest BCUT2D eigenvalue weighted by Crippen LogP contribution is 2.31. The number of benzene rings is 2. The number of anilines is 2. The number of aliphatic hydroxyl groups is 1. The number of hydrogen-bond donors (Lipinski definition) is 8. The maximum atomic E-state index is 14.0. The van der Waals surface area contributed by atoms with Crippen molar-refractivity contribution in [3.8, 4) is 21.6 Å². The van der Waals surface area contributed by atoms with Gasteiger partial charge in [0.05, 0.1) is 41.0 Å². The first kappa shape index (κ1) is 59.3. The summed E-state index contributed by atoms with van der Waals surface area (Å²) in [6.45, 7) is 19.6. The number of hydrogen-bond acceptors (Lipinski definition) is 15. The molecule has 2 aliphatic rings. The van der Waals surface area contributed by atoms with Gasteiger partial charge in [-0.05, 0) is 92.6 Å². The zero-order valence-corrected chi connectivity index (χ0v) is 47.4. The zero-order valence-electron chi connectivity index (χ0n) is 46.6. The maximum absolute atomic E-state index is 14.0. The van der Waals surface area contributed by atoms with Gasteiger partial charge in [0, 0.05) is 125 Å². The number of aryl methyl sites for hydroxylation is 3. The number of aliphatic hydroxyl groups excluding tert-OH is 1. The first-order chi connectivity index (χ1) is 37.7.